The van der Waals surface area contributed by atoms with Gasteiger partial charge in [0, 0.05) is 18.0 Å². The highest BCUT2D eigenvalue weighted by Gasteiger charge is 2.33. The molecule has 2 heterocycles. The first-order valence-electron chi connectivity index (χ1n) is 8.66. The summed E-state index contributed by atoms with van der Waals surface area (Å²) in [6, 6.07) is 10.1. The molecule has 2 N–H and O–H groups in total. The van der Waals surface area contributed by atoms with Gasteiger partial charge >= 0.3 is 0 Å². The van der Waals surface area contributed by atoms with Crippen molar-refractivity contribution in [1.29, 1.82) is 0 Å². The summed E-state index contributed by atoms with van der Waals surface area (Å²) in [5.41, 5.74) is 6.97. The summed E-state index contributed by atoms with van der Waals surface area (Å²) < 4.78 is 5.54. The van der Waals surface area contributed by atoms with Gasteiger partial charge in [0.2, 0.25) is 11.7 Å². The van der Waals surface area contributed by atoms with Crippen molar-refractivity contribution in [3.63, 3.8) is 0 Å². The van der Waals surface area contributed by atoms with Gasteiger partial charge in [-0.3, -0.25) is 4.98 Å². The van der Waals surface area contributed by atoms with Crippen LogP contribution in [0.1, 0.15) is 38.0 Å². The van der Waals surface area contributed by atoms with Crippen LogP contribution in [0.15, 0.2) is 41.1 Å². The predicted octanol–water partition coefficient (Wildman–Crippen LogP) is 4.16. The maximum Gasteiger partial charge on any atom is 0.227 e. The van der Waals surface area contributed by atoms with Gasteiger partial charge in [-0.1, -0.05) is 48.7 Å². The van der Waals surface area contributed by atoms with E-state index in [-0.39, 0.29) is 17.8 Å². The molecule has 0 amide bonds. The molecule has 0 unspecified atom stereocenters. The van der Waals surface area contributed by atoms with Crippen molar-refractivity contribution < 1.29 is 4.52 Å². The topological polar surface area (TPSA) is 77.8 Å². The Kier molecular flexibility index (Phi) is 5.35. The van der Waals surface area contributed by atoms with Gasteiger partial charge in [-0.05, 0) is 36.3 Å². The largest absolute Gasteiger partial charge is 0.339 e. The molecule has 1 aliphatic rings. The number of nitrogens with two attached hydrogens (primary N) is 1. The number of aromatic nitrogens is 3. The van der Waals surface area contributed by atoms with Gasteiger partial charge in [-0.25, -0.2) is 0 Å². The zero-order valence-corrected chi connectivity index (χ0v) is 15.0. The molecule has 0 bridgehead atoms. The number of benzene rings is 1. The fraction of sp³-hybridized carbons (Fsp3) is 0.421. The second-order valence-electron chi connectivity index (χ2n) is 6.83. The molecule has 0 saturated heterocycles. The van der Waals surface area contributed by atoms with E-state index < -0.39 is 0 Å². The molecule has 1 fully saturated rings. The van der Waals surface area contributed by atoms with Gasteiger partial charge in [0.25, 0.3) is 0 Å². The maximum atomic E-state index is 6.08. The second-order valence-corrected chi connectivity index (χ2v) is 6.83. The lowest BCUT2D eigenvalue weighted by Crippen LogP contribution is -2.35. The Balaban J connectivity index is 0.00000182. The first-order chi connectivity index (χ1) is 11.8. The van der Waals surface area contributed by atoms with Gasteiger partial charge in [0.05, 0.1) is 0 Å². The van der Waals surface area contributed by atoms with Gasteiger partial charge in [-0.2, -0.15) is 4.98 Å². The Morgan fingerprint density at radius 1 is 1.08 bits per heavy atom. The summed E-state index contributed by atoms with van der Waals surface area (Å²) in [5, 5.41) is 6.34. The molecule has 5 nitrogen and oxygen atoms in total. The number of fused-ring (bicyclic) bond motifs is 1. The lowest BCUT2D eigenvalue weighted by Gasteiger charge is -2.34. The molecule has 1 saturated carbocycles. The van der Waals surface area contributed by atoms with Crippen LogP contribution in [0.2, 0.25) is 0 Å². The van der Waals surface area contributed by atoms with E-state index in [9.17, 15) is 0 Å². The monoisotopic (exact) mass is 358 g/mol. The first kappa shape index (κ1) is 17.8. The number of hydrogen-bond donors (Lipinski definition) is 1. The third kappa shape index (κ3) is 3.53. The van der Waals surface area contributed by atoms with Crippen LogP contribution >= 0.6 is 12.4 Å². The molecule has 132 valence electrons. The van der Waals surface area contributed by atoms with Gasteiger partial charge in [0.15, 0.2) is 0 Å². The van der Waals surface area contributed by atoms with E-state index >= 15 is 0 Å². The van der Waals surface area contributed by atoms with E-state index in [0.717, 1.165) is 35.7 Å². The lowest BCUT2D eigenvalue weighted by atomic mass is 9.72. The fourth-order valence-electron chi connectivity index (χ4n) is 3.80. The van der Waals surface area contributed by atoms with E-state index in [4.69, 9.17) is 10.3 Å². The molecule has 6 heteroatoms. The van der Waals surface area contributed by atoms with Gasteiger partial charge in [0.1, 0.15) is 5.69 Å². The van der Waals surface area contributed by atoms with Crippen LogP contribution in [0.25, 0.3) is 22.3 Å². The van der Waals surface area contributed by atoms with Crippen LogP contribution in [0.4, 0.5) is 0 Å². The molecule has 0 atom stereocenters. The fourth-order valence-corrected chi connectivity index (χ4v) is 3.80. The van der Waals surface area contributed by atoms with Crippen molar-refractivity contribution in [3.05, 3.63) is 42.4 Å². The Bertz CT molecular complexity index is 837. The van der Waals surface area contributed by atoms with Crippen molar-refractivity contribution in [3.8, 4) is 11.5 Å². The minimum atomic E-state index is 0. The van der Waals surface area contributed by atoms with E-state index in [1.165, 1.54) is 19.3 Å². The third-order valence-electron chi connectivity index (χ3n) is 5.23. The van der Waals surface area contributed by atoms with E-state index in [1.807, 2.05) is 24.3 Å². The summed E-state index contributed by atoms with van der Waals surface area (Å²) in [7, 11) is 0. The average Bonchev–Trinajstić information content (AvgIpc) is 3.10. The van der Waals surface area contributed by atoms with Crippen LogP contribution in [-0.4, -0.2) is 21.7 Å². The van der Waals surface area contributed by atoms with E-state index in [1.54, 1.807) is 6.20 Å². The third-order valence-corrected chi connectivity index (χ3v) is 5.23. The number of nitrogens with zero attached hydrogens (tertiary/aromatic N) is 3. The lowest BCUT2D eigenvalue weighted by molar-refractivity contribution is 0.177. The molecule has 2 aromatic heterocycles. The highest BCUT2D eigenvalue weighted by Crippen LogP contribution is 2.38. The Labute approximate surface area is 153 Å². The summed E-state index contributed by atoms with van der Waals surface area (Å²) >= 11 is 0. The van der Waals surface area contributed by atoms with Crippen molar-refractivity contribution in [1.82, 2.24) is 15.1 Å². The van der Waals surface area contributed by atoms with Gasteiger partial charge in [-0.15, -0.1) is 12.4 Å². The predicted molar refractivity (Wildman–Crippen MR) is 101 cm³/mol. The minimum absolute atomic E-state index is 0. The molecular formula is C19H23ClN4O. The van der Waals surface area contributed by atoms with Gasteiger partial charge < -0.3 is 10.3 Å². The second kappa shape index (κ2) is 7.50. The molecule has 1 aliphatic carbocycles. The molecule has 0 radical (unpaired) electrons. The molecule has 1 aromatic carbocycles. The van der Waals surface area contributed by atoms with E-state index in [0.29, 0.717) is 18.3 Å². The number of pyridine rings is 1. The maximum absolute atomic E-state index is 6.08. The quantitative estimate of drug-likeness (QED) is 0.757. The summed E-state index contributed by atoms with van der Waals surface area (Å²) in [6.45, 7) is 0.678. The average molecular weight is 359 g/mol. The first-order valence-corrected chi connectivity index (χ1v) is 8.66. The number of halogens is 1. The highest BCUT2D eigenvalue weighted by atomic mass is 35.5. The number of rotatable bonds is 4. The molecule has 0 spiro atoms. The molecular weight excluding hydrogens is 336 g/mol. The van der Waals surface area contributed by atoms with Crippen LogP contribution in [0.5, 0.6) is 0 Å². The SMILES string of the molecule is Cl.NCC1(Cc2nc(-c3nccc4ccccc34)no2)CCCCC1. The van der Waals surface area contributed by atoms with Crippen LogP contribution in [0.3, 0.4) is 0 Å². The van der Waals surface area contributed by atoms with Crippen molar-refractivity contribution in [2.75, 3.05) is 6.54 Å². The standard InChI is InChI=1S/C19H22N4O.ClH/c20-13-19(9-4-1-5-10-19)12-16-22-18(23-24-16)17-15-7-3-2-6-14(15)8-11-21-17;/h2-3,6-8,11H,1,4-5,9-10,12-13,20H2;1H. The summed E-state index contributed by atoms with van der Waals surface area (Å²) in [5.74, 6) is 1.23. The molecule has 25 heavy (non-hydrogen) atoms. The highest BCUT2D eigenvalue weighted by molar-refractivity contribution is 5.92. The summed E-state index contributed by atoms with van der Waals surface area (Å²) in [4.78, 5) is 9.09. The Hall–Kier alpha value is -1.98. The zero-order chi connectivity index (χ0) is 16.4. The van der Waals surface area contributed by atoms with Crippen LogP contribution in [0, 0.1) is 5.41 Å². The zero-order valence-electron chi connectivity index (χ0n) is 14.1. The smallest absolute Gasteiger partial charge is 0.227 e. The normalized spacial score (nSPS) is 16.5. The minimum Gasteiger partial charge on any atom is -0.339 e. The van der Waals surface area contributed by atoms with Crippen LogP contribution in [-0.2, 0) is 6.42 Å². The van der Waals surface area contributed by atoms with E-state index in [2.05, 4.69) is 21.2 Å². The van der Waals surface area contributed by atoms with Crippen molar-refractivity contribution in [2.24, 2.45) is 11.1 Å². The Morgan fingerprint density at radius 2 is 1.88 bits per heavy atom. The molecule has 3 aromatic rings. The molecule has 4 rings (SSSR count). The van der Waals surface area contributed by atoms with Crippen molar-refractivity contribution >= 4 is 23.2 Å². The van der Waals surface area contributed by atoms with Crippen LogP contribution < -0.4 is 5.73 Å². The number of hydrogen-bond acceptors (Lipinski definition) is 5. The van der Waals surface area contributed by atoms with Crippen molar-refractivity contribution in [2.45, 2.75) is 38.5 Å². The summed E-state index contributed by atoms with van der Waals surface area (Å²) in [6.07, 6.45) is 8.63. The Morgan fingerprint density at radius 3 is 2.68 bits per heavy atom. The molecule has 0 aliphatic heterocycles.